The van der Waals surface area contributed by atoms with Crippen molar-refractivity contribution in [1.29, 1.82) is 0 Å². The number of hydrogen-bond acceptors (Lipinski definition) is 0. The van der Waals surface area contributed by atoms with Crippen molar-refractivity contribution in [3.63, 3.8) is 0 Å². The molecule has 0 aromatic carbocycles. The molecule has 1 saturated carbocycles. The Morgan fingerprint density at radius 2 is 1.50 bits per heavy atom. The second-order valence-corrected chi connectivity index (χ2v) is 6.25. The molecule has 0 bridgehead atoms. The van der Waals surface area contributed by atoms with Crippen LogP contribution >= 0.6 is 0 Å². The summed E-state index contributed by atoms with van der Waals surface area (Å²) >= 11 is 0. The molecule has 20 heavy (non-hydrogen) atoms. The van der Waals surface area contributed by atoms with E-state index in [4.69, 9.17) is 0 Å². The zero-order chi connectivity index (χ0) is 14.8. The van der Waals surface area contributed by atoms with E-state index in [0.29, 0.717) is 11.8 Å². The summed E-state index contributed by atoms with van der Waals surface area (Å²) in [6.07, 6.45) is 13.4. The van der Waals surface area contributed by atoms with Gasteiger partial charge in [0.25, 0.3) is 0 Å². The van der Waals surface area contributed by atoms with Crippen LogP contribution in [0.15, 0.2) is 17.7 Å². The predicted octanol–water partition coefficient (Wildman–Crippen LogP) is 6.43. The van der Waals surface area contributed by atoms with Crippen LogP contribution in [-0.2, 0) is 32.7 Å². The zero-order valence-corrected chi connectivity index (χ0v) is 17.7. The first-order valence-electron chi connectivity index (χ1n) is 8.26. The fourth-order valence-electron chi connectivity index (χ4n) is 2.46. The molecule has 0 aromatic rings. The maximum Gasteiger partial charge on any atom is 0 e. The van der Waals surface area contributed by atoms with Crippen molar-refractivity contribution >= 4 is 0 Å². The SMILES string of the molecule is C/C(=C\C=[C-]C1CCC(C(C)C)CC1)C(C)C.CC.[Y]. The van der Waals surface area contributed by atoms with Crippen molar-refractivity contribution in [2.24, 2.45) is 23.7 Å². The van der Waals surface area contributed by atoms with Crippen molar-refractivity contribution in [2.45, 2.75) is 74.1 Å². The fraction of sp³-hybridized carbons (Fsp3) is 0.789. The Labute approximate surface area is 153 Å². The Kier molecular flexibility index (Phi) is 15.2. The van der Waals surface area contributed by atoms with Gasteiger partial charge in [-0.15, -0.1) is 0 Å². The molecule has 1 radical (unpaired) electrons. The molecule has 0 nitrogen and oxygen atoms in total. The van der Waals surface area contributed by atoms with Crippen LogP contribution in [-0.4, -0.2) is 0 Å². The van der Waals surface area contributed by atoms with Gasteiger partial charge in [-0.3, -0.25) is 6.08 Å². The van der Waals surface area contributed by atoms with Gasteiger partial charge in [0, 0.05) is 32.7 Å². The molecule has 1 heteroatoms. The van der Waals surface area contributed by atoms with Gasteiger partial charge in [-0.25, -0.2) is 12.2 Å². The van der Waals surface area contributed by atoms with Gasteiger partial charge in [0.05, 0.1) is 0 Å². The maximum absolute atomic E-state index is 3.57. The molecule has 0 heterocycles. The third kappa shape index (κ3) is 9.51. The van der Waals surface area contributed by atoms with Crippen molar-refractivity contribution in [1.82, 2.24) is 0 Å². The van der Waals surface area contributed by atoms with Crippen LogP contribution in [0.2, 0.25) is 0 Å². The van der Waals surface area contributed by atoms with Crippen molar-refractivity contribution in [3.8, 4) is 0 Å². The molecule has 0 amide bonds. The maximum atomic E-state index is 3.57. The Morgan fingerprint density at radius 1 is 1.00 bits per heavy atom. The minimum Gasteiger partial charge on any atom is -0.272 e. The average molecular weight is 352 g/mol. The van der Waals surface area contributed by atoms with E-state index in [9.17, 15) is 0 Å². The van der Waals surface area contributed by atoms with Crippen LogP contribution in [0.25, 0.3) is 0 Å². The molecule has 1 rings (SSSR count). The van der Waals surface area contributed by atoms with Crippen LogP contribution in [0.4, 0.5) is 0 Å². The largest absolute Gasteiger partial charge is 0.272 e. The molecular formula is C19H35Y-. The van der Waals surface area contributed by atoms with Gasteiger partial charge >= 0.3 is 0 Å². The average Bonchev–Trinajstić information content (AvgIpc) is 2.41. The van der Waals surface area contributed by atoms with E-state index in [2.05, 4.69) is 52.8 Å². The number of hydrogen-bond donors (Lipinski definition) is 0. The van der Waals surface area contributed by atoms with Gasteiger partial charge < -0.3 is 0 Å². The zero-order valence-electron chi connectivity index (χ0n) is 14.9. The monoisotopic (exact) mass is 352 g/mol. The van der Waals surface area contributed by atoms with Crippen molar-refractivity contribution in [2.75, 3.05) is 0 Å². The van der Waals surface area contributed by atoms with E-state index >= 15 is 0 Å². The first-order chi connectivity index (χ1) is 9.00. The normalized spacial score (nSPS) is 23.6. The van der Waals surface area contributed by atoms with Gasteiger partial charge in [-0.05, 0) is 17.8 Å². The molecule has 0 atom stereocenters. The summed E-state index contributed by atoms with van der Waals surface area (Å²) < 4.78 is 0. The Bertz CT molecular complexity index is 265. The molecule has 0 unspecified atom stereocenters. The fourth-order valence-corrected chi connectivity index (χ4v) is 2.46. The molecule has 0 aliphatic heterocycles. The molecule has 1 aliphatic carbocycles. The van der Waals surface area contributed by atoms with Crippen LogP contribution in [0.5, 0.6) is 0 Å². The predicted molar refractivity (Wildman–Crippen MR) is 88.0 cm³/mol. The smallest absolute Gasteiger partial charge is 0 e. The standard InChI is InChI=1S/C17H29.C2H6.Y/c1-13(2)15(5)7-6-8-16-9-11-17(12-10-16)14(3)4;1-2;/h6-7,13-14,16-17H,9-12H2,1-5H3;1-2H3;/q-1;;/b15-7+;;. The van der Waals surface area contributed by atoms with Crippen molar-refractivity contribution < 1.29 is 32.7 Å². The van der Waals surface area contributed by atoms with E-state index < -0.39 is 0 Å². The van der Waals surface area contributed by atoms with Gasteiger partial charge in [0.1, 0.15) is 0 Å². The first kappa shape index (κ1) is 22.9. The molecule has 0 aromatic heterocycles. The van der Waals surface area contributed by atoms with Gasteiger partial charge in [0.2, 0.25) is 0 Å². The molecule has 0 spiro atoms. The van der Waals surface area contributed by atoms with E-state index in [1.807, 2.05) is 13.8 Å². The molecule has 0 saturated heterocycles. The van der Waals surface area contributed by atoms with Crippen LogP contribution < -0.4 is 0 Å². The topological polar surface area (TPSA) is 0 Å². The van der Waals surface area contributed by atoms with Gasteiger partial charge in [0.15, 0.2) is 0 Å². The summed E-state index contributed by atoms with van der Waals surface area (Å²) in [5.41, 5.74) is 1.45. The summed E-state index contributed by atoms with van der Waals surface area (Å²) in [5, 5.41) is 0. The molecule has 1 aliphatic rings. The van der Waals surface area contributed by atoms with Gasteiger partial charge in [-0.1, -0.05) is 80.1 Å². The molecular weight excluding hydrogens is 317 g/mol. The van der Waals surface area contributed by atoms with E-state index in [0.717, 1.165) is 11.8 Å². The van der Waals surface area contributed by atoms with E-state index in [1.54, 1.807) is 0 Å². The van der Waals surface area contributed by atoms with E-state index in [1.165, 1.54) is 31.3 Å². The third-order valence-electron chi connectivity index (χ3n) is 4.30. The van der Waals surface area contributed by atoms with Crippen LogP contribution in [0.1, 0.15) is 74.1 Å². The van der Waals surface area contributed by atoms with E-state index in [-0.39, 0.29) is 32.7 Å². The third-order valence-corrected chi connectivity index (χ3v) is 4.30. The summed E-state index contributed by atoms with van der Waals surface area (Å²) in [7, 11) is 0. The Hall–Kier alpha value is 0.584. The van der Waals surface area contributed by atoms with Crippen molar-refractivity contribution in [3.05, 3.63) is 23.8 Å². The van der Waals surface area contributed by atoms with Crippen LogP contribution in [0.3, 0.4) is 0 Å². The first-order valence-corrected chi connectivity index (χ1v) is 8.26. The summed E-state index contributed by atoms with van der Waals surface area (Å²) in [6.45, 7) is 15.4. The molecule has 1 fully saturated rings. The second-order valence-electron chi connectivity index (χ2n) is 6.25. The Balaban J connectivity index is 0. The number of allylic oxidation sites excluding steroid dienone is 4. The summed E-state index contributed by atoms with van der Waals surface area (Å²) in [6, 6.07) is 0. The minimum atomic E-state index is 0. The quantitative estimate of drug-likeness (QED) is 0.404. The Morgan fingerprint density at radius 3 is 1.90 bits per heavy atom. The molecule has 0 N–H and O–H groups in total. The molecule has 115 valence electrons. The number of rotatable bonds is 4. The summed E-state index contributed by atoms with van der Waals surface area (Å²) in [4.78, 5) is 0. The van der Waals surface area contributed by atoms with Crippen LogP contribution in [0, 0.1) is 29.7 Å². The van der Waals surface area contributed by atoms with Gasteiger partial charge in [-0.2, -0.15) is 5.57 Å². The second kappa shape index (κ2) is 13.3. The minimum absolute atomic E-state index is 0. The summed E-state index contributed by atoms with van der Waals surface area (Å²) in [5.74, 6) is 3.19.